The van der Waals surface area contributed by atoms with Crippen LogP contribution in [0.1, 0.15) is 0 Å². The molecule has 0 aromatic heterocycles. The van der Waals surface area contributed by atoms with Crippen LogP contribution in [0, 0.1) is 0 Å². The molecule has 2 N–H and O–H groups in total. The zero-order valence-corrected chi connectivity index (χ0v) is 6.01. The summed E-state index contributed by atoms with van der Waals surface area (Å²) >= 11 is 0. The molecule has 2 aliphatic rings. The van der Waals surface area contributed by atoms with Crippen LogP contribution >= 0.6 is 0 Å². The van der Waals surface area contributed by atoms with Crippen molar-refractivity contribution in [2.24, 2.45) is 0 Å². The molecular formula is C7H13N3. The van der Waals surface area contributed by atoms with E-state index in [0.717, 1.165) is 26.2 Å². The van der Waals surface area contributed by atoms with Gasteiger partial charge in [-0.2, -0.15) is 0 Å². The zero-order chi connectivity index (χ0) is 6.81. The van der Waals surface area contributed by atoms with E-state index in [9.17, 15) is 0 Å². The Bertz CT molecular complexity index is 144. The van der Waals surface area contributed by atoms with Crippen molar-refractivity contribution in [3.8, 4) is 0 Å². The van der Waals surface area contributed by atoms with Gasteiger partial charge >= 0.3 is 0 Å². The van der Waals surface area contributed by atoms with Gasteiger partial charge < -0.3 is 15.5 Å². The Balaban J connectivity index is 2.03. The minimum atomic E-state index is 0.679. The van der Waals surface area contributed by atoms with Gasteiger partial charge in [0.25, 0.3) is 0 Å². The molecule has 0 aliphatic carbocycles. The summed E-state index contributed by atoms with van der Waals surface area (Å²) in [6, 6.07) is 0.679. The standard InChI is InChI=1S/C7H13N3/c1-3-10-4-2-9-6-7(10)5-8-1/h1,3,7-9H,2,4-6H2. The van der Waals surface area contributed by atoms with Crippen LogP contribution < -0.4 is 10.6 Å². The predicted molar refractivity (Wildman–Crippen MR) is 40.5 cm³/mol. The Kier molecular flexibility index (Phi) is 1.51. The molecule has 0 amide bonds. The molecule has 0 spiro atoms. The van der Waals surface area contributed by atoms with Crippen LogP contribution in [0.3, 0.4) is 0 Å². The minimum absolute atomic E-state index is 0.679. The molecular weight excluding hydrogens is 126 g/mol. The van der Waals surface area contributed by atoms with Crippen molar-refractivity contribution in [1.82, 2.24) is 15.5 Å². The largest absolute Gasteiger partial charge is 0.388 e. The van der Waals surface area contributed by atoms with Gasteiger partial charge in [0.05, 0.1) is 6.04 Å². The van der Waals surface area contributed by atoms with Crippen LogP contribution in [-0.2, 0) is 0 Å². The van der Waals surface area contributed by atoms with E-state index in [4.69, 9.17) is 0 Å². The number of nitrogens with one attached hydrogen (secondary N) is 2. The van der Waals surface area contributed by atoms with Gasteiger partial charge in [0.1, 0.15) is 0 Å². The molecule has 1 unspecified atom stereocenters. The summed E-state index contributed by atoms with van der Waals surface area (Å²) in [6.45, 7) is 4.49. The summed E-state index contributed by atoms with van der Waals surface area (Å²) in [5.74, 6) is 0. The van der Waals surface area contributed by atoms with Gasteiger partial charge in [0, 0.05) is 38.6 Å². The summed E-state index contributed by atoms with van der Waals surface area (Å²) in [4.78, 5) is 2.40. The number of hydrogen-bond acceptors (Lipinski definition) is 3. The number of hydrogen-bond donors (Lipinski definition) is 2. The molecule has 2 rings (SSSR count). The SMILES string of the molecule is C1=CN2CCNCC2CN1. The van der Waals surface area contributed by atoms with Crippen molar-refractivity contribution in [2.45, 2.75) is 6.04 Å². The van der Waals surface area contributed by atoms with Crippen molar-refractivity contribution >= 4 is 0 Å². The number of nitrogens with zero attached hydrogens (tertiary/aromatic N) is 1. The molecule has 56 valence electrons. The maximum absolute atomic E-state index is 3.37. The van der Waals surface area contributed by atoms with Gasteiger partial charge in [-0.1, -0.05) is 0 Å². The molecule has 1 saturated heterocycles. The monoisotopic (exact) mass is 139 g/mol. The third-order valence-corrected chi connectivity index (χ3v) is 2.13. The van der Waals surface area contributed by atoms with Crippen LogP contribution in [-0.4, -0.2) is 37.1 Å². The molecule has 3 nitrogen and oxygen atoms in total. The van der Waals surface area contributed by atoms with E-state index in [-0.39, 0.29) is 0 Å². The summed E-state index contributed by atoms with van der Waals surface area (Å²) in [5.41, 5.74) is 0. The quantitative estimate of drug-likeness (QED) is 0.466. The molecule has 0 saturated carbocycles. The van der Waals surface area contributed by atoms with Crippen molar-refractivity contribution in [3.05, 3.63) is 12.4 Å². The van der Waals surface area contributed by atoms with E-state index in [1.54, 1.807) is 0 Å². The van der Waals surface area contributed by atoms with E-state index in [1.165, 1.54) is 0 Å². The first-order chi connectivity index (χ1) is 4.97. The highest BCUT2D eigenvalue weighted by atomic mass is 15.2. The Hall–Kier alpha value is -0.700. The predicted octanol–water partition coefficient (Wildman–Crippen LogP) is -0.665. The van der Waals surface area contributed by atoms with E-state index < -0.39 is 0 Å². The average Bonchev–Trinajstić information content (AvgIpc) is 2.05. The molecule has 2 aliphatic heterocycles. The molecule has 0 aromatic carbocycles. The molecule has 0 aromatic rings. The van der Waals surface area contributed by atoms with Gasteiger partial charge in [0.15, 0.2) is 0 Å². The lowest BCUT2D eigenvalue weighted by atomic mass is 10.2. The normalized spacial score (nSPS) is 31.2. The fourth-order valence-electron chi connectivity index (χ4n) is 1.51. The maximum atomic E-state index is 3.37. The van der Waals surface area contributed by atoms with Crippen molar-refractivity contribution in [2.75, 3.05) is 26.2 Å². The van der Waals surface area contributed by atoms with Crippen LogP contribution in [0.4, 0.5) is 0 Å². The number of fused-ring (bicyclic) bond motifs is 1. The summed E-state index contributed by atoms with van der Waals surface area (Å²) < 4.78 is 0. The molecule has 3 heteroatoms. The second-order valence-electron chi connectivity index (χ2n) is 2.82. The third-order valence-electron chi connectivity index (χ3n) is 2.13. The van der Waals surface area contributed by atoms with Crippen LogP contribution in [0.5, 0.6) is 0 Å². The van der Waals surface area contributed by atoms with Crippen LogP contribution in [0.2, 0.25) is 0 Å². The van der Waals surface area contributed by atoms with Crippen molar-refractivity contribution in [1.29, 1.82) is 0 Å². The lowest BCUT2D eigenvalue weighted by molar-refractivity contribution is 0.215. The maximum Gasteiger partial charge on any atom is 0.0582 e. The summed E-state index contributed by atoms with van der Waals surface area (Å²) in [5, 5.41) is 6.59. The summed E-state index contributed by atoms with van der Waals surface area (Å²) in [6.07, 6.45) is 4.18. The lowest BCUT2D eigenvalue weighted by Gasteiger charge is -2.37. The van der Waals surface area contributed by atoms with E-state index >= 15 is 0 Å². The summed E-state index contributed by atoms with van der Waals surface area (Å²) in [7, 11) is 0. The highest BCUT2D eigenvalue weighted by molar-refractivity contribution is 4.95. The Morgan fingerprint density at radius 1 is 1.40 bits per heavy atom. The Labute approximate surface area is 61.1 Å². The smallest absolute Gasteiger partial charge is 0.0582 e. The third kappa shape index (κ3) is 0.968. The highest BCUT2D eigenvalue weighted by Crippen LogP contribution is 2.05. The number of rotatable bonds is 0. The molecule has 0 bridgehead atoms. The average molecular weight is 139 g/mol. The second kappa shape index (κ2) is 2.50. The zero-order valence-electron chi connectivity index (χ0n) is 6.01. The molecule has 0 radical (unpaired) electrons. The first-order valence-corrected chi connectivity index (χ1v) is 3.83. The van der Waals surface area contributed by atoms with Gasteiger partial charge in [-0.25, -0.2) is 0 Å². The van der Waals surface area contributed by atoms with Crippen LogP contribution in [0.25, 0.3) is 0 Å². The first-order valence-electron chi connectivity index (χ1n) is 3.83. The van der Waals surface area contributed by atoms with Gasteiger partial charge in [-0.05, 0) is 0 Å². The van der Waals surface area contributed by atoms with E-state index in [1.807, 2.05) is 6.20 Å². The van der Waals surface area contributed by atoms with Gasteiger partial charge in [0.2, 0.25) is 0 Å². The fourth-order valence-corrected chi connectivity index (χ4v) is 1.51. The van der Waals surface area contributed by atoms with Crippen molar-refractivity contribution in [3.63, 3.8) is 0 Å². The fraction of sp³-hybridized carbons (Fsp3) is 0.714. The highest BCUT2D eigenvalue weighted by Gasteiger charge is 2.20. The minimum Gasteiger partial charge on any atom is -0.388 e. The van der Waals surface area contributed by atoms with Crippen LogP contribution in [0.15, 0.2) is 12.4 Å². The van der Waals surface area contributed by atoms with Gasteiger partial charge in [-0.3, -0.25) is 0 Å². The molecule has 1 atom stereocenters. The van der Waals surface area contributed by atoms with E-state index in [2.05, 4.69) is 21.7 Å². The lowest BCUT2D eigenvalue weighted by Crippen LogP contribution is -2.54. The second-order valence-corrected chi connectivity index (χ2v) is 2.82. The van der Waals surface area contributed by atoms with Crippen molar-refractivity contribution < 1.29 is 0 Å². The Morgan fingerprint density at radius 3 is 3.30 bits per heavy atom. The topological polar surface area (TPSA) is 27.3 Å². The van der Waals surface area contributed by atoms with Gasteiger partial charge in [-0.15, -0.1) is 0 Å². The Morgan fingerprint density at radius 2 is 2.40 bits per heavy atom. The molecule has 2 heterocycles. The van der Waals surface area contributed by atoms with E-state index in [0.29, 0.717) is 6.04 Å². The molecule has 10 heavy (non-hydrogen) atoms. The first kappa shape index (κ1) is 6.04. The number of piperazine rings is 1. The molecule has 1 fully saturated rings.